The zero-order chi connectivity index (χ0) is 19.1. The maximum Gasteiger partial charge on any atom is 0.307 e. The molecule has 0 amide bonds. The summed E-state index contributed by atoms with van der Waals surface area (Å²) >= 11 is 0. The minimum atomic E-state index is -1.24. The molecule has 0 spiro atoms. The van der Waals surface area contributed by atoms with Crippen molar-refractivity contribution in [3.8, 4) is 0 Å². The number of hydrogen-bond donors (Lipinski definition) is 0. The standard InChI is InChI=1S/C16H18O8S2/c17-9-1-2-10(18)15(9)23-13(21)5-7-25-26-8-6-14(22)24-16-11(19)3-4-12(16)20/h15-16H,1-8H2. The third-order valence-electron chi connectivity index (χ3n) is 3.77. The Bertz CT molecular complexity index is 544. The quantitative estimate of drug-likeness (QED) is 0.237. The number of carbonyl (C=O) groups excluding carboxylic acids is 6. The van der Waals surface area contributed by atoms with Gasteiger partial charge in [-0.25, -0.2) is 0 Å². The van der Waals surface area contributed by atoms with Crippen molar-refractivity contribution in [3.63, 3.8) is 0 Å². The maximum absolute atomic E-state index is 11.6. The fraction of sp³-hybridized carbons (Fsp3) is 0.625. The highest BCUT2D eigenvalue weighted by Gasteiger charge is 2.36. The first-order valence-corrected chi connectivity index (χ1v) is 10.6. The molecule has 0 bridgehead atoms. The molecule has 2 fully saturated rings. The van der Waals surface area contributed by atoms with Gasteiger partial charge in [-0.15, -0.1) is 0 Å². The van der Waals surface area contributed by atoms with Crippen LogP contribution in [0.1, 0.15) is 38.5 Å². The van der Waals surface area contributed by atoms with Crippen LogP contribution >= 0.6 is 21.6 Å². The normalized spacial score (nSPS) is 18.6. The van der Waals surface area contributed by atoms with Crippen LogP contribution in [0.3, 0.4) is 0 Å². The van der Waals surface area contributed by atoms with Crippen molar-refractivity contribution in [2.45, 2.75) is 50.7 Å². The summed E-state index contributed by atoms with van der Waals surface area (Å²) in [7, 11) is 2.66. The number of esters is 2. The minimum absolute atomic E-state index is 0.0459. The van der Waals surface area contributed by atoms with Crippen LogP contribution in [-0.2, 0) is 38.2 Å². The summed E-state index contributed by atoms with van der Waals surface area (Å²) in [5, 5.41) is 0. The molecule has 0 aromatic heterocycles. The lowest BCUT2D eigenvalue weighted by Gasteiger charge is -2.09. The molecule has 0 unspecified atom stereocenters. The highest BCUT2D eigenvalue weighted by molar-refractivity contribution is 8.76. The summed E-state index contributed by atoms with van der Waals surface area (Å²) < 4.78 is 9.75. The van der Waals surface area contributed by atoms with E-state index < -0.39 is 24.1 Å². The Morgan fingerprint density at radius 2 is 1.00 bits per heavy atom. The summed E-state index contributed by atoms with van der Waals surface area (Å²) in [5.74, 6) is -1.85. The topological polar surface area (TPSA) is 121 Å². The molecule has 0 N–H and O–H groups in total. The van der Waals surface area contributed by atoms with Crippen LogP contribution in [0.25, 0.3) is 0 Å². The van der Waals surface area contributed by atoms with E-state index in [9.17, 15) is 28.8 Å². The van der Waals surface area contributed by atoms with E-state index >= 15 is 0 Å². The molecule has 142 valence electrons. The van der Waals surface area contributed by atoms with Crippen molar-refractivity contribution in [1.82, 2.24) is 0 Å². The van der Waals surface area contributed by atoms with E-state index in [0.717, 1.165) is 0 Å². The van der Waals surface area contributed by atoms with Crippen LogP contribution in [0.5, 0.6) is 0 Å². The van der Waals surface area contributed by atoms with Gasteiger partial charge < -0.3 is 9.47 Å². The summed E-state index contributed by atoms with van der Waals surface area (Å²) in [5.41, 5.74) is 0. The van der Waals surface area contributed by atoms with Crippen molar-refractivity contribution in [3.05, 3.63) is 0 Å². The number of rotatable bonds is 9. The molecule has 2 saturated carbocycles. The molecule has 2 aliphatic rings. The van der Waals surface area contributed by atoms with Gasteiger partial charge in [-0.2, -0.15) is 0 Å². The van der Waals surface area contributed by atoms with Gasteiger partial charge in [0.2, 0.25) is 12.2 Å². The van der Waals surface area contributed by atoms with Gasteiger partial charge in [0.05, 0.1) is 12.8 Å². The van der Waals surface area contributed by atoms with E-state index in [-0.39, 0.29) is 61.7 Å². The van der Waals surface area contributed by atoms with Crippen LogP contribution in [0.2, 0.25) is 0 Å². The summed E-state index contributed by atoms with van der Waals surface area (Å²) in [6, 6.07) is 0. The van der Waals surface area contributed by atoms with Gasteiger partial charge in [-0.05, 0) is 0 Å². The first kappa shape index (κ1) is 20.6. The first-order chi connectivity index (χ1) is 12.4. The molecule has 0 saturated heterocycles. The molecular formula is C16H18O8S2. The highest BCUT2D eigenvalue weighted by atomic mass is 33.1. The SMILES string of the molecule is O=C(CCSSCCC(=O)OC1C(=O)CCC1=O)OC1C(=O)CCC1=O. The van der Waals surface area contributed by atoms with Crippen molar-refractivity contribution in [1.29, 1.82) is 0 Å². The summed E-state index contributed by atoms with van der Waals surface area (Å²) in [4.78, 5) is 68.7. The second-order valence-corrected chi connectivity index (χ2v) is 8.45. The highest BCUT2D eigenvalue weighted by Crippen LogP contribution is 2.24. The number of hydrogen-bond acceptors (Lipinski definition) is 10. The van der Waals surface area contributed by atoms with Gasteiger partial charge in [0.1, 0.15) is 0 Å². The zero-order valence-electron chi connectivity index (χ0n) is 13.9. The Kier molecular flexibility index (Phi) is 7.83. The van der Waals surface area contributed by atoms with E-state index in [1.54, 1.807) is 0 Å². The lowest BCUT2D eigenvalue weighted by atomic mass is 10.3. The molecule has 26 heavy (non-hydrogen) atoms. The predicted octanol–water partition coefficient (Wildman–Crippen LogP) is 0.836. The summed E-state index contributed by atoms with van der Waals surface area (Å²) in [6.45, 7) is 0. The lowest BCUT2D eigenvalue weighted by Crippen LogP contribution is -2.28. The third kappa shape index (κ3) is 5.94. The average molecular weight is 402 g/mol. The molecule has 2 aliphatic carbocycles. The van der Waals surface area contributed by atoms with Crippen molar-refractivity contribution >= 4 is 56.7 Å². The van der Waals surface area contributed by atoms with Crippen LogP contribution in [0, 0.1) is 0 Å². The Hall–Kier alpha value is -1.68. The van der Waals surface area contributed by atoms with Gasteiger partial charge in [0.15, 0.2) is 23.1 Å². The minimum Gasteiger partial charge on any atom is -0.446 e. The number of ether oxygens (including phenoxy) is 2. The van der Waals surface area contributed by atoms with Crippen LogP contribution in [0.15, 0.2) is 0 Å². The maximum atomic E-state index is 11.6. The van der Waals surface area contributed by atoms with Crippen molar-refractivity contribution < 1.29 is 38.2 Å². The third-order valence-corrected chi connectivity index (χ3v) is 6.17. The molecule has 0 radical (unpaired) electrons. The van der Waals surface area contributed by atoms with Gasteiger partial charge in [-0.1, -0.05) is 21.6 Å². The van der Waals surface area contributed by atoms with Crippen LogP contribution in [0.4, 0.5) is 0 Å². The van der Waals surface area contributed by atoms with E-state index in [2.05, 4.69) is 0 Å². The second-order valence-electron chi connectivity index (χ2n) is 5.75. The molecular weight excluding hydrogens is 384 g/mol. The molecule has 0 heterocycles. The number of Topliss-reactive ketones (excluding diaryl/α,β-unsaturated/α-hetero) is 4. The average Bonchev–Trinajstić information content (AvgIpc) is 3.08. The fourth-order valence-corrected chi connectivity index (χ4v) is 4.33. The Balaban J connectivity index is 1.52. The van der Waals surface area contributed by atoms with Crippen LogP contribution < -0.4 is 0 Å². The van der Waals surface area contributed by atoms with E-state index in [1.165, 1.54) is 21.6 Å². The summed E-state index contributed by atoms with van der Waals surface area (Å²) in [6.07, 6.45) is -1.91. The fourth-order valence-electron chi connectivity index (χ4n) is 2.39. The van der Waals surface area contributed by atoms with Gasteiger partial charge in [0, 0.05) is 37.2 Å². The zero-order valence-corrected chi connectivity index (χ0v) is 15.5. The molecule has 0 atom stereocenters. The van der Waals surface area contributed by atoms with Crippen LogP contribution in [-0.4, -0.2) is 58.8 Å². The molecule has 10 heteroatoms. The second kappa shape index (κ2) is 9.86. The van der Waals surface area contributed by atoms with E-state index in [1.807, 2.05) is 0 Å². The Labute approximate surface area is 157 Å². The van der Waals surface area contributed by atoms with Gasteiger partial charge >= 0.3 is 11.9 Å². The van der Waals surface area contributed by atoms with E-state index in [4.69, 9.17) is 9.47 Å². The van der Waals surface area contributed by atoms with Crippen molar-refractivity contribution in [2.75, 3.05) is 11.5 Å². The monoisotopic (exact) mass is 402 g/mol. The molecule has 8 nitrogen and oxygen atoms in total. The Morgan fingerprint density at radius 3 is 1.31 bits per heavy atom. The van der Waals surface area contributed by atoms with Gasteiger partial charge in [0.25, 0.3) is 0 Å². The molecule has 2 rings (SSSR count). The smallest absolute Gasteiger partial charge is 0.307 e. The number of ketones is 4. The first-order valence-electron chi connectivity index (χ1n) is 8.12. The number of carbonyl (C=O) groups is 6. The van der Waals surface area contributed by atoms with Crippen molar-refractivity contribution in [2.24, 2.45) is 0 Å². The van der Waals surface area contributed by atoms with Gasteiger partial charge in [-0.3, -0.25) is 28.8 Å². The molecule has 0 aromatic carbocycles. The van der Waals surface area contributed by atoms with E-state index in [0.29, 0.717) is 11.5 Å². The predicted molar refractivity (Wildman–Crippen MR) is 92.4 cm³/mol. The molecule has 0 aliphatic heterocycles. The lowest BCUT2D eigenvalue weighted by molar-refractivity contribution is -0.157. The molecule has 0 aromatic rings. The largest absolute Gasteiger partial charge is 0.446 e. The Morgan fingerprint density at radius 1 is 0.692 bits per heavy atom.